The summed E-state index contributed by atoms with van der Waals surface area (Å²) in [6.45, 7) is 0. The zero-order valence-electron chi connectivity index (χ0n) is 11.2. The predicted octanol–water partition coefficient (Wildman–Crippen LogP) is 4.23. The zero-order chi connectivity index (χ0) is 16.6. The number of aliphatic hydroxyl groups is 1. The standard InChI is InChI=1S/C15H7ClF3NO2S/c16-7-4-5-10-9(6-7)20-12-8(2-1-3-11(12)23-10)14(22,13(20)21)15(17,18)19/h1-6,22H/t14-/m1/s1. The minimum absolute atomic E-state index is 0.0668. The van der Waals surface area contributed by atoms with Gasteiger partial charge in [0, 0.05) is 20.4 Å². The van der Waals surface area contributed by atoms with Gasteiger partial charge in [-0.3, -0.25) is 9.69 Å². The van der Waals surface area contributed by atoms with Gasteiger partial charge in [0.15, 0.2) is 0 Å². The van der Waals surface area contributed by atoms with Gasteiger partial charge in [-0.25, -0.2) is 0 Å². The molecule has 2 aliphatic rings. The van der Waals surface area contributed by atoms with E-state index in [1.165, 1.54) is 23.9 Å². The van der Waals surface area contributed by atoms with Gasteiger partial charge < -0.3 is 5.11 Å². The third kappa shape index (κ3) is 1.75. The molecule has 0 spiro atoms. The van der Waals surface area contributed by atoms with Crippen molar-refractivity contribution in [2.75, 3.05) is 4.90 Å². The number of hydrogen-bond acceptors (Lipinski definition) is 3. The molecule has 3 nitrogen and oxygen atoms in total. The third-order valence-electron chi connectivity index (χ3n) is 3.92. The fourth-order valence-corrected chi connectivity index (χ4v) is 4.12. The molecular weight excluding hydrogens is 351 g/mol. The average molecular weight is 358 g/mol. The first-order valence-corrected chi connectivity index (χ1v) is 7.69. The highest BCUT2D eigenvalue weighted by Gasteiger charge is 2.67. The molecule has 4 rings (SSSR count). The van der Waals surface area contributed by atoms with Crippen molar-refractivity contribution in [3.8, 4) is 0 Å². The normalized spacial score (nSPS) is 22.1. The number of halogens is 4. The molecule has 23 heavy (non-hydrogen) atoms. The number of alkyl halides is 3. The monoisotopic (exact) mass is 357 g/mol. The lowest BCUT2D eigenvalue weighted by atomic mass is 9.95. The van der Waals surface area contributed by atoms with E-state index in [0.29, 0.717) is 14.8 Å². The minimum atomic E-state index is -5.13. The molecular formula is C15H7ClF3NO2S. The predicted molar refractivity (Wildman–Crippen MR) is 79.1 cm³/mol. The maximum absolute atomic E-state index is 13.5. The van der Waals surface area contributed by atoms with Gasteiger partial charge in [-0.15, -0.1) is 0 Å². The first-order valence-electron chi connectivity index (χ1n) is 6.49. The molecule has 2 heterocycles. The fraction of sp³-hybridized carbons (Fsp3) is 0.133. The second-order valence-electron chi connectivity index (χ2n) is 5.22. The lowest BCUT2D eigenvalue weighted by molar-refractivity contribution is -0.253. The number of para-hydroxylation sites is 1. The molecule has 8 heteroatoms. The Morgan fingerprint density at radius 1 is 1.17 bits per heavy atom. The SMILES string of the molecule is O=C1N2c3cc(Cl)ccc3Sc3cccc(c32)[C@]1(O)C(F)(F)F. The first kappa shape index (κ1) is 14.9. The van der Waals surface area contributed by atoms with Gasteiger partial charge in [0.25, 0.3) is 11.5 Å². The quantitative estimate of drug-likeness (QED) is 0.767. The number of rotatable bonds is 0. The van der Waals surface area contributed by atoms with Crippen molar-refractivity contribution >= 4 is 40.6 Å². The maximum atomic E-state index is 13.5. The Hall–Kier alpha value is -1.70. The van der Waals surface area contributed by atoms with Crippen LogP contribution in [0.3, 0.4) is 0 Å². The van der Waals surface area contributed by atoms with E-state index < -0.39 is 23.2 Å². The van der Waals surface area contributed by atoms with Crippen molar-refractivity contribution in [1.29, 1.82) is 0 Å². The Morgan fingerprint density at radius 2 is 1.91 bits per heavy atom. The van der Waals surface area contributed by atoms with Gasteiger partial charge in [-0.1, -0.05) is 35.5 Å². The molecule has 1 amide bonds. The second-order valence-corrected chi connectivity index (χ2v) is 6.74. The zero-order valence-corrected chi connectivity index (χ0v) is 12.8. The van der Waals surface area contributed by atoms with E-state index in [4.69, 9.17) is 11.6 Å². The van der Waals surface area contributed by atoms with Crippen molar-refractivity contribution in [2.45, 2.75) is 21.6 Å². The number of carbonyl (C=O) groups excluding carboxylic acids is 1. The van der Waals surface area contributed by atoms with Gasteiger partial charge in [0.1, 0.15) is 0 Å². The van der Waals surface area contributed by atoms with Crippen LogP contribution in [0.5, 0.6) is 0 Å². The summed E-state index contributed by atoms with van der Waals surface area (Å²) in [7, 11) is 0. The van der Waals surface area contributed by atoms with Crippen LogP contribution in [-0.2, 0) is 10.4 Å². The number of fused-ring (bicyclic) bond motifs is 2. The third-order valence-corrected chi connectivity index (χ3v) is 5.27. The molecule has 118 valence electrons. The van der Waals surface area contributed by atoms with Gasteiger partial charge >= 0.3 is 6.18 Å². The molecule has 0 aromatic heterocycles. The maximum Gasteiger partial charge on any atom is 0.430 e. The lowest BCUT2D eigenvalue weighted by Crippen LogP contribution is -2.49. The molecule has 0 saturated carbocycles. The van der Waals surface area contributed by atoms with Gasteiger partial charge in [-0.2, -0.15) is 13.2 Å². The second kappa shape index (κ2) is 4.43. The average Bonchev–Trinajstić information content (AvgIpc) is 2.72. The summed E-state index contributed by atoms with van der Waals surface area (Å²) in [5.74, 6) is -1.43. The highest BCUT2D eigenvalue weighted by molar-refractivity contribution is 7.99. The summed E-state index contributed by atoms with van der Waals surface area (Å²) in [6.07, 6.45) is -5.13. The van der Waals surface area contributed by atoms with Crippen LogP contribution in [-0.4, -0.2) is 17.2 Å². The molecule has 2 aromatic rings. The number of anilines is 2. The molecule has 0 bridgehead atoms. The molecule has 0 radical (unpaired) electrons. The summed E-state index contributed by atoms with van der Waals surface area (Å²) in [6, 6.07) is 8.79. The van der Waals surface area contributed by atoms with E-state index >= 15 is 0 Å². The van der Waals surface area contributed by atoms with Gasteiger partial charge in [-0.05, 0) is 24.3 Å². The Balaban J connectivity index is 2.06. The number of nitrogens with zero attached hydrogens (tertiary/aromatic N) is 1. The van der Waals surface area contributed by atoms with Gasteiger partial charge in [0.05, 0.1) is 11.4 Å². The van der Waals surface area contributed by atoms with Crippen molar-refractivity contribution in [1.82, 2.24) is 0 Å². The molecule has 0 fully saturated rings. The van der Waals surface area contributed by atoms with E-state index in [0.717, 1.165) is 11.0 Å². The first-order chi connectivity index (χ1) is 10.7. The molecule has 1 atom stereocenters. The van der Waals surface area contributed by atoms with Crippen LogP contribution in [0.25, 0.3) is 0 Å². The fourth-order valence-electron chi connectivity index (χ4n) is 2.88. The van der Waals surface area contributed by atoms with E-state index in [-0.39, 0.29) is 11.4 Å². The summed E-state index contributed by atoms with van der Waals surface area (Å²) in [4.78, 5) is 14.5. The van der Waals surface area contributed by atoms with Crippen LogP contribution < -0.4 is 4.90 Å². The van der Waals surface area contributed by atoms with E-state index in [1.54, 1.807) is 18.2 Å². The number of benzene rings is 2. The number of carbonyl (C=O) groups is 1. The van der Waals surface area contributed by atoms with Crippen LogP contribution in [0.1, 0.15) is 5.56 Å². The van der Waals surface area contributed by atoms with Crippen LogP contribution in [0.15, 0.2) is 46.2 Å². The van der Waals surface area contributed by atoms with E-state index in [9.17, 15) is 23.1 Å². The molecule has 2 aromatic carbocycles. The van der Waals surface area contributed by atoms with Crippen molar-refractivity contribution < 1.29 is 23.1 Å². The van der Waals surface area contributed by atoms with Crippen LogP contribution >= 0.6 is 23.4 Å². The molecule has 0 unspecified atom stereocenters. The highest BCUT2D eigenvalue weighted by Crippen LogP contribution is 2.59. The van der Waals surface area contributed by atoms with Gasteiger partial charge in [0.2, 0.25) is 0 Å². The van der Waals surface area contributed by atoms with Crippen molar-refractivity contribution in [2.24, 2.45) is 0 Å². The Labute approximate surface area is 137 Å². The molecule has 0 saturated heterocycles. The molecule has 0 aliphatic carbocycles. The van der Waals surface area contributed by atoms with E-state index in [1.807, 2.05) is 0 Å². The van der Waals surface area contributed by atoms with Crippen LogP contribution in [0.4, 0.5) is 24.5 Å². The summed E-state index contributed by atoms with van der Waals surface area (Å²) in [5, 5.41) is 10.5. The molecule has 1 N–H and O–H groups in total. The largest absolute Gasteiger partial charge is 0.430 e. The Morgan fingerprint density at radius 3 is 2.61 bits per heavy atom. The van der Waals surface area contributed by atoms with Crippen molar-refractivity contribution in [3.05, 3.63) is 47.0 Å². The Kier molecular flexibility index (Phi) is 2.87. The summed E-state index contributed by atoms with van der Waals surface area (Å²) < 4.78 is 40.4. The van der Waals surface area contributed by atoms with Crippen molar-refractivity contribution in [3.63, 3.8) is 0 Å². The smallest absolute Gasteiger partial charge is 0.368 e. The Bertz CT molecular complexity index is 870. The topological polar surface area (TPSA) is 40.5 Å². The minimum Gasteiger partial charge on any atom is -0.368 e. The highest BCUT2D eigenvalue weighted by atomic mass is 35.5. The van der Waals surface area contributed by atoms with E-state index in [2.05, 4.69) is 0 Å². The van der Waals surface area contributed by atoms with Crippen LogP contribution in [0, 0.1) is 0 Å². The summed E-state index contributed by atoms with van der Waals surface area (Å²) in [5.41, 5.74) is -3.70. The summed E-state index contributed by atoms with van der Waals surface area (Å²) >= 11 is 7.15. The number of amides is 1. The molecule has 2 aliphatic heterocycles. The van der Waals surface area contributed by atoms with Crippen LogP contribution in [0.2, 0.25) is 5.02 Å². The lowest BCUT2D eigenvalue weighted by Gasteiger charge is -2.28. The number of hydrogen-bond donors (Lipinski definition) is 1.